The molecular formula is C29H33F3N6O4. The maximum atomic E-state index is 13.7. The summed E-state index contributed by atoms with van der Waals surface area (Å²) in [5.74, 6) is -3.09. The molecule has 3 atom stereocenters. The number of nitrogens with one attached hydrogen (secondary N) is 2. The van der Waals surface area contributed by atoms with Crippen LogP contribution in [0, 0.1) is 11.8 Å². The minimum absolute atomic E-state index is 0.0245. The molecule has 2 aromatic heterocycles. The van der Waals surface area contributed by atoms with Crippen LogP contribution in [0.4, 0.5) is 18.0 Å². The maximum Gasteiger partial charge on any atom is 0.407 e. The molecule has 42 heavy (non-hydrogen) atoms. The molecule has 3 amide bonds. The number of hydrogen-bond acceptors (Lipinski definition) is 5. The Labute approximate surface area is 240 Å². The number of fused-ring (bicyclic) bond motifs is 1. The van der Waals surface area contributed by atoms with Gasteiger partial charge in [0.05, 0.1) is 30.0 Å². The molecule has 3 aromatic rings. The second-order valence-electron chi connectivity index (χ2n) is 11.0. The van der Waals surface area contributed by atoms with E-state index in [2.05, 4.69) is 15.7 Å². The summed E-state index contributed by atoms with van der Waals surface area (Å²) >= 11 is 0. The SMILES string of the molecule is O=C(N[C@H](c1cn2ncc(CNC(=O)C3C(C(F)(F)F)CCCN3C(=O)O)cc2n1)C1CCCCC1)c1ccccc1. The predicted molar refractivity (Wildman–Crippen MR) is 145 cm³/mol. The number of rotatable bonds is 7. The van der Waals surface area contributed by atoms with Crippen LogP contribution in [0.2, 0.25) is 0 Å². The average Bonchev–Trinajstić information content (AvgIpc) is 3.41. The van der Waals surface area contributed by atoms with Gasteiger partial charge < -0.3 is 15.7 Å². The van der Waals surface area contributed by atoms with Crippen LogP contribution in [-0.2, 0) is 11.3 Å². The Hall–Kier alpha value is -4.16. The van der Waals surface area contributed by atoms with E-state index < -0.39 is 30.1 Å². The van der Waals surface area contributed by atoms with Crippen LogP contribution in [0.3, 0.4) is 0 Å². The second-order valence-corrected chi connectivity index (χ2v) is 11.0. The van der Waals surface area contributed by atoms with Gasteiger partial charge in [0.1, 0.15) is 6.04 Å². The third-order valence-electron chi connectivity index (χ3n) is 8.19. The van der Waals surface area contributed by atoms with Crippen molar-refractivity contribution in [2.24, 2.45) is 11.8 Å². The quantitative estimate of drug-likeness (QED) is 0.368. The molecule has 1 saturated carbocycles. The van der Waals surface area contributed by atoms with E-state index in [4.69, 9.17) is 4.98 Å². The van der Waals surface area contributed by atoms with Crippen molar-refractivity contribution in [3.05, 3.63) is 65.6 Å². The first-order valence-corrected chi connectivity index (χ1v) is 14.2. The Morgan fingerprint density at radius 3 is 2.48 bits per heavy atom. The third-order valence-corrected chi connectivity index (χ3v) is 8.19. The molecule has 3 N–H and O–H groups in total. The highest BCUT2D eigenvalue weighted by Crippen LogP contribution is 2.38. The van der Waals surface area contributed by atoms with Crippen molar-refractivity contribution >= 4 is 23.6 Å². The highest BCUT2D eigenvalue weighted by molar-refractivity contribution is 5.94. The molecular weight excluding hydrogens is 553 g/mol. The molecule has 10 nitrogen and oxygen atoms in total. The molecule has 2 fully saturated rings. The van der Waals surface area contributed by atoms with E-state index in [0.717, 1.165) is 32.1 Å². The summed E-state index contributed by atoms with van der Waals surface area (Å²) in [6.07, 6.45) is 1.81. The zero-order valence-corrected chi connectivity index (χ0v) is 22.9. The smallest absolute Gasteiger partial charge is 0.407 e. The number of piperidine rings is 1. The van der Waals surface area contributed by atoms with E-state index in [9.17, 15) is 32.7 Å². The van der Waals surface area contributed by atoms with Crippen molar-refractivity contribution in [1.29, 1.82) is 0 Å². The van der Waals surface area contributed by atoms with E-state index in [0.29, 0.717) is 27.4 Å². The Morgan fingerprint density at radius 1 is 1.05 bits per heavy atom. The van der Waals surface area contributed by atoms with Crippen LogP contribution in [0.5, 0.6) is 0 Å². The summed E-state index contributed by atoms with van der Waals surface area (Å²) in [5.41, 5.74) is 2.12. The number of likely N-dealkylation sites (tertiary alicyclic amines) is 1. The van der Waals surface area contributed by atoms with Crippen LogP contribution >= 0.6 is 0 Å². The molecule has 0 radical (unpaired) electrons. The fraction of sp³-hybridized carbons (Fsp3) is 0.483. The summed E-state index contributed by atoms with van der Waals surface area (Å²) in [7, 11) is 0. The van der Waals surface area contributed by atoms with E-state index >= 15 is 0 Å². The molecule has 1 aliphatic heterocycles. The largest absolute Gasteiger partial charge is 0.465 e. The Balaban J connectivity index is 1.33. The zero-order valence-electron chi connectivity index (χ0n) is 22.9. The van der Waals surface area contributed by atoms with Gasteiger partial charge in [0, 0.05) is 18.7 Å². The van der Waals surface area contributed by atoms with Gasteiger partial charge in [0.15, 0.2) is 5.65 Å². The molecule has 224 valence electrons. The van der Waals surface area contributed by atoms with E-state index in [1.54, 1.807) is 41.0 Å². The van der Waals surface area contributed by atoms with Crippen LogP contribution in [0.25, 0.3) is 5.65 Å². The van der Waals surface area contributed by atoms with Crippen LogP contribution in [-0.4, -0.2) is 61.3 Å². The number of aromatic nitrogens is 3. The van der Waals surface area contributed by atoms with Crippen LogP contribution in [0.15, 0.2) is 48.8 Å². The lowest BCUT2D eigenvalue weighted by atomic mass is 9.82. The van der Waals surface area contributed by atoms with Crippen molar-refractivity contribution < 1.29 is 32.7 Å². The monoisotopic (exact) mass is 586 g/mol. The summed E-state index contributed by atoms with van der Waals surface area (Å²) in [5, 5.41) is 19.4. The van der Waals surface area contributed by atoms with Crippen molar-refractivity contribution in [3.63, 3.8) is 0 Å². The van der Waals surface area contributed by atoms with Gasteiger partial charge in [-0.15, -0.1) is 0 Å². The lowest BCUT2D eigenvalue weighted by molar-refractivity contribution is -0.200. The molecule has 3 heterocycles. The van der Waals surface area contributed by atoms with Gasteiger partial charge in [-0.25, -0.2) is 14.3 Å². The number of halogens is 3. The third kappa shape index (κ3) is 6.50. The molecule has 1 aliphatic carbocycles. The summed E-state index contributed by atoms with van der Waals surface area (Å²) in [6.45, 7) is -0.302. The van der Waals surface area contributed by atoms with Crippen LogP contribution < -0.4 is 10.6 Å². The fourth-order valence-corrected chi connectivity index (χ4v) is 6.07. The topological polar surface area (TPSA) is 129 Å². The molecule has 1 aromatic carbocycles. The first-order valence-electron chi connectivity index (χ1n) is 14.2. The number of alkyl halides is 3. The Kier molecular flexibility index (Phi) is 8.64. The lowest BCUT2D eigenvalue weighted by Crippen LogP contribution is -2.58. The predicted octanol–water partition coefficient (Wildman–Crippen LogP) is 4.72. The maximum absolute atomic E-state index is 13.7. The fourth-order valence-electron chi connectivity index (χ4n) is 6.07. The second kappa shape index (κ2) is 12.4. The normalized spacial score (nSPS) is 20.7. The minimum Gasteiger partial charge on any atom is -0.465 e. The number of carbonyl (C=O) groups is 3. The van der Waals surface area contributed by atoms with E-state index in [1.165, 1.54) is 6.20 Å². The Morgan fingerprint density at radius 2 is 1.79 bits per heavy atom. The summed E-state index contributed by atoms with van der Waals surface area (Å²) in [4.78, 5) is 42.9. The lowest BCUT2D eigenvalue weighted by Gasteiger charge is -2.39. The number of hydrogen-bond donors (Lipinski definition) is 3. The molecule has 2 aliphatic rings. The standard InChI is InChI=1S/C29H33F3N6O4/c30-29(31,32)21-12-7-13-37(28(41)42)25(21)27(40)33-15-18-14-23-35-22(17-38(23)34-16-18)24(19-8-3-1-4-9-19)36-26(39)20-10-5-2-6-11-20/h2,5-6,10-11,14,16-17,19,21,24-25H,1,3-4,7-9,12-13,15H2,(H,33,40)(H,36,39)(H,41,42)/t21?,24-,25?/m0/s1. The number of carbonyl (C=O) groups excluding carboxylic acids is 2. The van der Waals surface area contributed by atoms with Gasteiger partial charge in [0.25, 0.3) is 5.91 Å². The van der Waals surface area contributed by atoms with Crippen molar-refractivity contribution in [2.75, 3.05) is 6.54 Å². The summed E-state index contributed by atoms with van der Waals surface area (Å²) < 4.78 is 42.5. The molecule has 1 saturated heterocycles. The van der Waals surface area contributed by atoms with E-state index in [-0.39, 0.29) is 43.8 Å². The average molecular weight is 587 g/mol. The van der Waals surface area contributed by atoms with Crippen molar-refractivity contribution in [2.45, 2.75) is 69.8 Å². The van der Waals surface area contributed by atoms with E-state index in [1.807, 2.05) is 6.07 Å². The van der Waals surface area contributed by atoms with Gasteiger partial charge in [-0.1, -0.05) is 37.5 Å². The van der Waals surface area contributed by atoms with Crippen LogP contribution in [0.1, 0.15) is 72.6 Å². The van der Waals surface area contributed by atoms with Gasteiger partial charge in [-0.3, -0.25) is 14.5 Å². The van der Waals surface area contributed by atoms with Crippen molar-refractivity contribution in [1.82, 2.24) is 30.1 Å². The zero-order chi connectivity index (χ0) is 29.9. The number of carboxylic acid groups (broad SMARTS) is 1. The molecule has 0 bridgehead atoms. The molecule has 13 heteroatoms. The molecule has 5 rings (SSSR count). The number of benzene rings is 1. The number of nitrogens with zero attached hydrogens (tertiary/aromatic N) is 4. The van der Waals surface area contributed by atoms with Gasteiger partial charge >= 0.3 is 12.3 Å². The van der Waals surface area contributed by atoms with Crippen molar-refractivity contribution in [3.8, 4) is 0 Å². The Bertz CT molecular complexity index is 1420. The first kappa shape index (κ1) is 29.3. The number of imidazole rings is 1. The number of amides is 3. The molecule has 2 unspecified atom stereocenters. The minimum atomic E-state index is -4.71. The summed E-state index contributed by atoms with van der Waals surface area (Å²) in [6, 6.07) is 8.40. The highest BCUT2D eigenvalue weighted by Gasteiger charge is 2.52. The molecule has 0 spiro atoms. The first-order chi connectivity index (χ1) is 20.1. The van der Waals surface area contributed by atoms with Gasteiger partial charge in [-0.2, -0.15) is 18.3 Å². The highest BCUT2D eigenvalue weighted by atomic mass is 19.4. The van der Waals surface area contributed by atoms with Gasteiger partial charge in [0.2, 0.25) is 5.91 Å². The van der Waals surface area contributed by atoms with Gasteiger partial charge in [-0.05, 0) is 55.4 Å².